The number of hydrogen-bond donors (Lipinski definition) is 0. The second kappa shape index (κ2) is 5.55. The molecule has 0 aliphatic heterocycles. The van der Waals surface area contributed by atoms with E-state index in [0.29, 0.717) is 11.1 Å². The Morgan fingerprint density at radius 3 is 2.88 bits per heavy atom. The summed E-state index contributed by atoms with van der Waals surface area (Å²) >= 11 is 4.93. The van der Waals surface area contributed by atoms with E-state index in [4.69, 9.17) is 9.15 Å². The topological polar surface area (TPSA) is 48.2 Å². The van der Waals surface area contributed by atoms with Gasteiger partial charge < -0.3 is 9.15 Å². The number of thioether (sulfide) groups is 1. The first-order valence-electron chi connectivity index (χ1n) is 4.94. The third-order valence-electron chi connectivity index (χ3n) is 2.10. The molecule has 0 amide bonds. The molecule has 90 valence electrons. The lowest BCUT2D eigenvalue weighted by Crippen LogP contribution is -1.90. The van der Waals surface area contributed by atoms with Crippen molar-refractivity contribution < 1.29 is 9.15 Å². The van der Waals surface area contributed by atoms with Gasteiger partial charge >= 0.3 is 0 Å². The Morgan fingerprint density at radius 2 is 2.24 bits per heavy atom. The van der Waals surface area contributed by atoms with Gasteiger partial charge in [-0.1, -0.05) is 27.7 Å². The van der Waals surface area contributed by atoms with E-state index in [-0.39, 0.29) is 0 Å². The molecule has 1 aromatic heterocycles. The quantitative estimate of drug-likeness (QED) is 0.809. The number of halogens is 1. The fourth-order valence-corrected chi connectivity index (χ4v) is 2.53. The number of aryl methyl sites for hydroxylation is 1. The Morgan fingerprint density at radius 1 is 1.41 bits per heavy atom. The standard InChI is InChI=1S/C11H11BrN2O2S/c1-7-13-14-11(16-7)17-6-8-5-9(12)3-4-10(8)15-2/h3-5H,6H2,1-2H3. The maximum absolute atomic E-state index is 5.30. The van der Waals surface area contributed by atoms with Gasteiger partial charge in [-0.2, -0.15) is 0 Å². The fourth-order valence-electron chi connectivity index (χ4n) is 1.34. The van der Waals surface area contributed by atoms with Gasteiger partial charge in [0, 0.05) is 22.7 Å². The highest BCUT2D eigenvalue weighted by atomic mass is 79.9. The molecule has 0 bridgehead atoms. The Balaban J connectivity index is 2.10. The number of nitrogens with zero attached hydrogens (tertiary/aromatic N) is 2. The third-order valence-corrected chi connectivity index (χ3v) is 3.46. The van der Waals surface area contributed by atoms with Crippen LogP contribution in [0.25, 0.3) is 0 Å². The first kappa shape index (κ1) is 12.4. The van der Waals surface area contributed by atoms with E-state index in [1.54, 1.807) is 14.0 Å². The molecule has 4 nitrogen and oxygen atoms in total. The minimum Gasteiger partial charge on any atom is -0.496 e. The minimum absolute atomic E-state index is 0.574. The average Bonchev–Trinajstić information content (AvgIpc) is 2.73. The number of hydrogen-bond acceptors (Lipinski definition) is 5. The Labute approximate surface area is 112 Å². The van der Waals surface area contributed by atoms with E-state index in [0.717, 1.165) is 21.5 Å². The van der Waals surface area contributed by atoms with Gasteiger partial charge in [0.1, 0.15) is 5.75 Å². The van der Waals surface area contributed by atoms with Gasteiger partial charge in [-0.3, -0.25) is 0 Å². The van der Waals surface area contributed by atoms with Crippen molar-refractivity contribution in [1.82, 2.24) is 10.2 Å². The molecule has 0 saturated heterocycles. The molecule has 0 fully saturated rings. The van der Waals surface area contributed by atoms with Crippen LogP contribution < -0.4 is 4.74 Å². The van der Waals surface area contributed by atoms with Crippen molar-refractivity contribution in [3.8, 4) is 5.75 Å². The molecule has 0 unspecified atom stereocenters. The average molecular weight is 315 g/mol. The minimum atomic E-state index is 0.574. The SMILES string of the molecule is COc1ccc(Br)cc1CSc1nnc(C)o1. The van der Waals surface area contributed by atoms with Crippen LogP contribution in [0, 0.1) is 6.92 Å². The van der Waals surface area contributed by atoms with E-state index < -0.39 is 0 Å². The van der Waals surface area contributed by atoms with Gasteiger partial charge in [0.2, 0.25) is 5.89 Å². The molecule has 0 aliphatic carbocycles. The summed E-state index contributed by atoms with van der Waals surface area (Å²) < 4.78 is 11.6. The second-order valence-corrected chi connectivity index (χ2v) is 5.17. The maximum atomic E-state index is 5.30. The number of benzene rings is 1. The summed E-state index contributed by atoms with van der Waals surface area (Å²) in [5.41, 5.74) is 1.09. The van der Waals surface area contributed by atoms with Crippen molar-refractivity contribution in [2.75, 3.05) is 7.11 Å². The molecule has 0 atom stereocenters. The zero-order valence-corrected chi connectivity index (χ0v) is 11.8. The number of rotatable bonds is 4. The lowest BCUT2D eigenvalue weighted by Gasteiger charge is -2.07. The molecule has 2 aromatic rings. The predicted octanol–water partition coefficient (Wildman–Crippen LogP) is 3.44. The van der Waals surface area contributed by atoms with Crippen LogP contribution in [0.1, 0.15) is 11.5 Å². The fraction of sp³-hybridized carbons (Fsp3) is 0.273. The predicted molar refractivity (Wildman–Crippen MR) is 69.3 cm³/mol. The summed E-state index contributed by atoms with van der Waals surface area (Å²) in [6.07, 6.45) is 0. The lowest BCUT2D eigenvalue weighted by atomic mass is 10.2. The van der Waals surface area contributed by atoms with E-state index in [2.05, 4.69) is 26.1 Å². The molecule has 0 saturated carbocycles. The first-order valence-corrected chi connectivity index (χ1v) is 6.72. The summed E-state index contributed by atoms with van der Waals surface area (Å²) in [5, 5.41) is 8.29. The highest BCUT2D eigenvalue weighted by Crippen LogP contribution is 2.29. The molecule has 1 heterocycles. The third kappa shape index (κ3) is 3.23. The van der Waals surface area contributed by atoms with Crippen molar-refractivity contribution in [3.63, 3.8) is 0 Å². The van der Waals surface area contributed by atoms with Crippen molar-refractivity contribution in [2.24, 2.45) is 0 Å². The highest BCUT2D eigenvalue weighted by molar-refractivity contribution is 9.10. The zero-order chi connectivity index (χ0) is 12.3. The highest BCUT2D eigenvalue weighted by Gasteiger charge is 2.08. The van der Waals surface area contributed by atoms with Crippen LogP contribution in [0.2, 0.25) is 0 Å². The largest absolute Gasteiger partial charge is 0.496 e. The number of ether oxygens (including phenoxy) is 1. The molecule has 0 spiro atoms. The summed E-state index contributed by atoms with van der Waals surface area (Å²) in [6, 6.07) is 5.90. The molecule has 0 radical (unpaired) electrons. The number of aromatic nitrogens is 2. The first-order chi connectivity index (χ1) is 8.19. The normalized spacial score (nSPS) is 10.5. The van der Waals surface area contributed by atoms with Crippen LogP contribution in [0.4, 0.5) is 0 Å². The molecule has 0 N–H and O–H groups in total. The molecule has 0 aliphatic rings. The zero-order valence-electron chi connectivity index (χ0n) is 9.44. The lowest BCUT2D eigenvalue weighted by molar-refractivity contribution is 0.411. The van der Waals surface area contributed by atoms with Gasteiger partial charge in [-0.25, -0.2) is 0 Å². The van der Waals surface area contributed by atoms with Crippen LogP contribution in [-0.2, 0) is 5.75 Å². The Kier molecular flexibility index (Phi) is 4.06. The van der Waals surface area contributed by atoms with Crippen LogP contribution in [0.15, 0.2) is 32.3 Å². The van der Waals surface area contributed by atoms with Crippen LogP contribution >= 0.6 is 27.7 Å². The van der Waals surface area contributed by atoms with Crippen LogP contribution in [-0.4, -0.2) is 17.3 Å². The second-order valence-electron chi connectivity index (χ2n) is 3.33. The molecular formula is C11H11BrN2O2S. The molecular weight excluding hydrogens is 304 g/mol. The Bertz CT molecular complexity index is 516. The van der Waals surface area contributed by atoms with Gasteiger partial charge in [0.15, 0.2) is 0 Å². The van der Waals surface area contributed by atoms with Gasteiger partial charge in [0.05, 0.1) is 7.11 Å². The summed E-state index contributed by atoms with van der Waals surface area (Å²) in [7, 11) is 1.66. The van der Waals surface area contributed by atoms with Crippen molar-refractivity contribution >= 4 is 27.7 Å². The van der Waals surface area contributed by atoms with Gasteiger partial charge in [-0.05, 0) is 18.2 Å². The number of methoxy groups -OCH3 is 1. The van der Waals surface area contributed by atoms with E-state index >= 15 is 0 Å². The van der Waals surface area contributed by atoms with E-state index in [9.17, 15) is 0 Å². The molecule has 2 rings (SSSR count). The van der Waals surface area contributed by atoms with E-state index in [1.165, 1.54) is 11.8 Å². The van der Waals surface area contributed by atoms with Crippen molar-refractivity contribution in [3.05, 3.63) is 34.1 Å². The van der Waals surface area contributed by atoms with Crippen molar-refractivity contribution in [1.29, 1.82) is 0 Å². The molecule has 6 heteroatoms. The molecule has 1 aromatic carbocycles. The van der Waals surface area contributed by atoms with Crippen LogP contribution in [0.3, 0.4) is 0 Å². The van der Waals surface area contributed by atoms with Crippen molar-refractivity contribution in [2.45, 2.75) is 17.9 Å². The smallest absolute Gasteiger partial charge is 0.276 e. The van der Waals surface area contributed by atoms with E-state index in [1.807, 2.05) is 18.2 Å². The monoisotopic (exact) mass is 314 g/mol. The van der Waals surface area contributed by atoms with Crippen LogP contribution in [0.5, 0.6) is 5.75 Å². The van der Waals surface area contributed by atoms with Gasteiger partial charge in [0.25, 0.3) is 5.22 Å². The molecule has 17 heavy (non-hydrogen) atoms. The van der Waals surface area contributed by atoms with Gasteiger partial charge in [-0.15, -0.1) is 10.2 Å². The Hall–Kier alpha value is -1.01. The summed E-state index contributed by atoms with van der Waals surface area (Å²) in [5.74, 6) is 2.16. The summed E-state index contributed by atoms with van der Waals surface area (Å²) in [4.78, 5) is 0. The maximum Gasteiger partial charge on any atom is 0.276 e. The summed E-state index contributed by atoms with van der Waals surface area (Å²) in [6.45, 7) is 1.77.